The van der Waals surface area contributed by atoms with Gasteiger partial charge in [0.25, 0.3) is 5.91 Å². The summed E-state index contributed by atoms with van der Waals surface area (Å²) in [6.45, 7) is 9.76. The number of nitrogens with one attached hydrogen (secondary N) is 1. The van der Waals surface area contributed by atoms with Gasteiger partial charge >= 0.3 is 17.9 Å². The molecule has 0 aromatic heterocycles. The Morgan fingerprint density at radius 2 is 1.47 bits per heavy atom. The normalized spacial score (nSPS) is 32.6. The number of hydrogen-bond acceptors (Lipinski definition) is 12. The number of Topliss-reactive ketones (excluding diaryl/α,β-unsaturated/α-hetero) is 1. The fourth-order valence-electron chi connectivity index (χ4n) is 10.8. The van der Waals surface area contributed by atoms with Gasteiger partial charge in [0, 0.05) is 43.8 Å². The van der Waals surface area contributed by atoms with Gasteiger partial charge in [0.15, 0.2) is 11.7 Å². The predicted molar refractivity (Wildman–Crippen MR) is 216 cm³/mol. The van der Waals surface area contributed by atoms with E-state index in [1.165, 1.54) is 14.0 Å². The number of aliphatic hydroxyl groups excluding tert-OH is 1. The van der Waals surface area contributed by atoms with Crippen molar-refractivity contribution < 1.29 is 57.9 Å². The molecule has 1 amide bonds. The van der Waals surface area contributed by atoms with Crippen LogP contribution in [0, 0.1) is 22.7 Å². The molecule has 2 unspecified atom stereocenters. The zero-order chi connectivity index (χ0) is 43.4. The highest BCUT2D eigenvalue weighted by molar-refractivity contribution is 5.95. The number of methoxy groups -OCH3 is 1. The summed E-state index contributed by atoms with van der Waals surface area (Å²) < 4.78 is 31.0. The van der Waals surface area contributed by atoms with Crippen molar-refractivity contribution in [3.8, 4) is 0 Å². The van der Waals surface area contributed by atoms with Gasteiger partial charge in [0.2, 0.25) is 0 Å². The van der Waals surface area contributed by atoms with Crippen LogP contribution in [0.2, 0.25) is 0 Å². The minimum absolute atomic E-state index is 0.145. The lowest BCUT2D eigenvalue weighted by Gasteiger charge is -2.68. The van der Waals surface area contributed by atoms with Gasteiger partial charge in [-0.25, -0.2) is 9.59 Å². The quantitative estimate of drug-likeness (QED) is 0.140. The first-order chi connectivity index (χ1) is 28.4. The Kier molecular flexibility index (Phi) is 11.4. The molecule has 1 aliphatic heterocycles. The number of ketones is 1. The number of carbonyl (C=O) groups is 5. The van der Waals surface area contributed by atoms with Gasteiger partial charge in [-0.2, -0.15) is 0 Å². The molecule has 7 rings (SSSR count). The van der Waals surface area contributed by atoms with E-state index in [4.69, 9.17) is 23.7 Å². The molecule has 11 atom stereocenters. The number of hydrogen-bond donors (Lipinski definition) is 3. The van der Waals surface area contributed by atoms with Gasteiger partial charge in [-0.15, -0.1) is 0 Å². The van der Waals surface area contributed by atoms with Crippen LogP contribution in [0.15, 0.2) is 102 Å². The molecule has 318 valence electrons. The van der Waals surface area contributed by atoms with E-state index in [-0.39, 0.29) is 30.8 Å². The molecule has 4 aliphatic rings. The average Bonchev–Trinajstić information content (AvgIpc) is 3.23. The highest BCUT2D eigenvalue weighted by Crippen LogP contribution is 2.65. The minimum Gasteiger partial charge on any atom is -0.456 e. The van der Waals surface area contributed by atoms with Crippen LogP contribution in [-0.2, 0) is 38.1 Å². The first-order valence-corrected chi connectivity index (χ1v) is 20.3. The Balaban J connectivity index is 1.35. The monoisotopic (exact) mass is 823 g/mol. The van der Waals surface area contributed by atoms with Crippen molar-refractivity contribution in [1.29, 1.82) is 0 Å². The van der Waals surface area contributed by atoms with Crippen molar-refractivity contribution >= 4 is 29.6 Å². The third-order valence-corrected chi connectivity index (χ3v) is 13.8. The minimum atomic E-state index is -2.13. The van der Waals surface area contributed by atoms with E-state index in [1.807, 2.05) is 0 Å². The third-order valence-electron chi connectivity index (χ3n) is 13.8. The number of ether oxygens (including phenoxy) is 5. The van der Waals surface area contributed by atoms with Crippen LogP contribution < -0.4 is 5.32 Å². The second kappa shape index (κ2) is 16.0. The molecule has 1 saturated heterocycles. The van der Waals surface area contributed by atoms with E-state index in [1.54, 1.807) is 126 Å². The third kappa shape index (κ3) is 6.85. The smallest absolute Gasteiger partial charge is 0.338 e. The Morgan fingerprint density at radius 3 is 2.02 bits per heavy atom. The molecule has 3 fully saturated rings. The highest BCUT2D eigenvalue weighted by atomic mass is 16.6. The summed E-state index contributed by atoms with van der Waals surface area (Å²) in [5, 5.41) is 28.2. The lowest BCUT2D eigenvalue weighted by atomic mass is 9.43. The fraction of sp³-hybridized carbons (Fsp3) is 0.468. The summed E-state index contributed by atoms with van der Waals surface area (Å²) in [6, 6.07) is 23.8. The molecule has 3 aromatic carbocycles. The summed E-state index contributed by atoms with van der Waals surface area (Å²) in [6.07, 6.45) is -6.57. The lowest BCUT2D eigenvalue weighted by molar-refractivity contribution is -0.346. The maximum Gasteiger partial charge on any atom is 0.338 e. The number of aliphatic hydroxyl groups is 2. The van der Waals surface area contributed by atoms with Crippen molar-refractivity contribution in [2.45, 2.75) is 102 Å². The van der Waals surface area contributed by atoms with Gasteiger partial charge in [-0.05, 0) is 54.8 Å². The van der Waals surface area contributed by atoms with Gasteiger partial charge in [0.1, 0.15) is 29.7 Å². The molecule has 2 bridgehead atoms. The summed E-state index contributed by atoms with van der Waals surface area (Å²) in [4.78, 5) is 70.5. The van der Waals surface area contributed by atoms with Crippen LogP contribution in [0.5, 0.6) is 0 Å². The summed E-state index contributed by atoms with van der Waals surface area (Å²) >= 11 is 0. The van der Waals surface area contributed by atoms with Crippen LogP contribution >= 0.6 is 0 Å². The molecular formula is C47H53NO12. The van der Waals surface area contributed by atoms with Crippen molar-refractivity contribution in [3.05, 3.63) is 119 Å². The summed E-state index contributed by atoms with van der Waals surface area (Å²) in [5.74, 6) is -5.58. The number of rotatable bonds is 10. The zero-order valence-corrected chi connectivity index (χ0v) is 34.9. The topological polar surface area (TPSA) is 184 Å². The Hall–Kier alpha value is -5.21. The van der Waals surface area contributed by atoms with Crippen molar-refractivity contribution in [2.24, 2.45) is 22.7 Å². The number of fused-ring (bicyclic) bond motifs is 5. The van der Waals surface area contributed by atoms with Crippen LogP contribution in [0.1, 0.15) is 86.7 Å². The SMILES string of the molecule is CO[C@H]1C[C@H]2OC[C@@]2(OC(C)=O)C2C(OC(=O)c3ccccc3)[C@]3(O)C[C@H](OC(=O)[C@H](O)[C@@H](NC(=O)c4ccccc4)c4ccccc4)C(C)=C([C@@H](C)C(=O)[C@@]21C)C3(C)C. The van der Waals surface area contributed by atoms with Crippen LogP contribution in [-0.4, -0.2) is 95.3 Å². The molecule has 60 heavy (non-hydrogen) atoms. The molecule has 2 saturated carbocycles. The molecule has 13 heteroatoms. The molecule has 3 N–H and O–H groups in total. The lowest BCUT2D eigenvalue weighted by Crippen LogP contribution is -2.81. The predicted octanol–water partition coefficient (Wildman–Crippen LogP) is 5.09. The fourth-order valence-corrected chi connectivity index (χ4v) is 10.8. The number of esters is 3. The first-order valence-electron chi connectivity index (χ1n) is 20.3. The zero-order valence-electron chi connectivity index (χ0n) is 34.9. The van der Waals surface area contributed by atoms with Gasteiger partial charge in [-0.3, -0.25) is 14.4 Å². The Morgan fingerprint density at radius 1 is 0.883 bits per heavy atom. The molecule has 3 aromatic rings. The van der Waals surface area contributed by atoms with Crippen molar-refractivity contribution in [2.75, 3.05) is 13.7 Å². The van der Waals surface area contributed by atoms with Crippen LogP contribution in [0.3, 0.4) is 0 Å². The molecular weight excluding hydrogens is 771 g/mol. The number of amides is 1. The van der Waals surface area contributed by atoms with E-state index in [9.17, 15) is 29.4 Å². The molecule has 1 heterocycles. The maximum atomic E-state index is 15.5. The summed E-state index contributed by atoms with van der Waals surface area (Å²) in [5.41, 5.74) is -4.71. The van der Waals surface area contributed by atoms with E-state index >= 15 is 4.79 Å². The molecule has 0 radical (unpaired) electrons. The number of carbonyl (C=O) groups excluding carboxylic acids is 5. The standard InChI is InChI=1S/C47H53NO12/c1-26-32(58-43(54)37(50)36(29-17-11-8-12-18-29)48-41(52)30-19-13-9-14-20-30)24-47(55)40(59-42(53)31-21-15-10-16-22-31)38-45(6,39(51)27(2)35(26)44(47,4)5)33(56-7)23-34-46(38,25-57-34)60-28(3)49/h8-22,27,32-34,36-38,40,50,55H,23-25H2,1-7H3,(H,48,52)/t27-,32+,33+,34-,36+,37-,38?,40?,45-,46+,47-/m1/s1. The Labute approximate surface area is 349 Å². The molecule has 0 spiro atoms. The molecule has 13 nitrogen and oxygen atoms in total. The number of benzene rings is 3. The van der Waals surface area contributed by atoms with E-state index in [0.717, 1.165) is 0 Å². The van der Waals surface area contributed by atoms with Crippen molar-refractivity contribution in [1.82, 2.24) is 5.32 Å². The van der Waals surface area contributed by atoms with E-state index in [0.29, 0.717) is 22.3 Å². The highest BCUT2D eigenvalue weighted by Gasteiger charge is 2.78. The van der Waals surface area contributed by atoms with Crippen LogP contribution in [0.25, 0.3) is 0 Å². The Bertz CT molecular complexity index is 2180. The van der Waals surface area contributed by atoms with Gasteiger partial charge in [-0.1, -0.05) is 87.5 Å². The first kappa shape index (κ1) is 42.9. The van der Waals surface area contributed by atoms with E-state index < -0.39 is 94.2 Å². The van der Waals surface area contributed by atoms with E-state index in [2.05, 4.69) is 5.32 Å². The maximum absolute atomic E-state index is 15.5. The van der Waals surface area contributed by atoms with Gasteiger partial charge in [0.05, 0.1) is 35.6 Å². The van der Waals surface area contributed by atoms with Crippen molar-refractivity contribution in [3.63, 3.8) is 0 Å². The summed E-state index contributed by atoms with van der Waals surface area (Å²) in [7, 11) is 1.47. The average molecular weight is 824 g/mol. The second-order valence-electron chi connectivity index (χ2n) is 17.3. The second-order valence-corrected chi connectivity index (χ2v) is 17.3. The van der Waals surface area contributed by atoms with Gasteiger partial charge < -0.3 is 39.2 Å². The largest absolute Gasteiger partial charge is 0.456 e. The molecule has 3 aliphatic carbocycles. The van der Waals surface area contributed by atoms with Crippen LogP contribution in [0.4, 0.5) is 0 Å².